The van der Waals surface area contributed by atoms with Gasteiger partial charge in [-0.3, -0.25) is 4.57 Å². The maximum Gasteiger partial charge on any atom is 0.229 e. The molecule has 0 radical (unpaired) electrons. The molecular formula is C11H10BrClFN3. The van der Waals surface area contributed by atoms with Gasteiger partial charge in [0, 0.05) is 6.42 Å². The molecular weight excluding hydrogens is 308 g/mol. The van der Waals surface area contributed by atoms with E-state index in [0.29, 0.717) is 10.2 Å². The van der Waals surface area contributed by atoms with Gasteiger partial charge in [-0.05, 0) is 52.2 Å². The Morgan fingerprint density at radius 1 is 1.41 bits per heavy atom. The largest absolute Gasteiger partial charge is 0.270 e. The number of hydrogen-bond donors (Lipinski definition) is 0. The van der Waals surface area contributed by atoms with Gasteiger partial charge in [-0.1, -0.05) is 6.92 Å². The number of nitrogens with zero attached hydrogens (tertiary/aromatic N) is 3. The van der Waals surface area contributed by atoms with Crippen LogP contribution in [0.15, 0.2) is 22.7 Å². The summed E-state index contributed by atoms with van der Waals surface area (Å²) in [5.41, 5.74) is 0.629. The third-order valence-electron chi connectivity index (χ3n) is 2.33. The van der Waals surface area contributed by atoms with E-state index in [1.54, 1.807) is 16.7 Å². The fourth-order valence-electron chi connectivity index (χ4n) is 1.56. The van der Waals surface area contributed by atoms with Gasteiger partial charge in [0.1, 0.15) is 11.6 Å². The summed E-state index contributed by atoms with van der Waals surface area (Å²) in [6.45, 7) is 2.04. The molecule has 90 valence electrons. The van der Waals surface area contributed by atoms with E-state index in [4.69, 9.17) is 11.6 Å². The summed E-state index contributed by atoms with van der Waals surface area (Å²) in [6, 6.07) is 4.80. The zero-order valence-corrected chi connectivity index (χ0v) is 11.5. The normalized spacial score (nSPS) is 10.8. The minimum atomic E-state index is -0.338. The van der Waals surface area contributed by atoms with Crippen LogP contribution < -0.4 is 0 Å². The summed E-state index contributed by atoms with van der Waals surface area (Å²) in [5.74, 6) is 0.397. The maximum absolute atomic E-state index is 13.5. The predicted molar refractivity (Wildman–Crippen MR) is 68.0 cm³/mol. The standard InChI is InChI=1S/C11H10BrClFN3/c1-2-3-10-15-16-11(13)17(10)7-4-5-8(12)9(14)6-7/h4-6H,2-3H2,1H3. The van der Waals surface area contributed by atoms with Crippen LogP contribution in [-0.4, -0.2) is 14.8 Å². The van der Waals surface area contributed by atoms with Gasteiger partial charge in [-0.2, -0.15) is 0 Å². The van der Waals surface area contributed by atoms with Crippen molar-refractivity contribution < 1.29 is 4.39 Å². The molecule has 6 heteroatoms. The first-order valence-corrected chi connectivity index (χ1v) is 6.35. The third kappa shape index (κ3) is 2.50. The average Bonchev–Trinajstić information content (AvgIpc) is 2.65. The molecule has 0 fully saturated rings. The van der Waals surface area contributed by atoms with Crippen LogP contribution in [0.5, 0.6) is 0 Å². The topological polar surface area (TPSA) is 30.7 Å². The van der Waals surface area contributed by atoms with E-state index in [-0.39, 0.29) is 11.1 Å². The number of halogens is 3. The summed E-state index contributed by atoms with van der Waals surface area (Å²) in [5, 5.41) is 8.03. The Labute approximate surface area is 112 Å². The summed E-state index contributed by atoms with van der Waals surface area (Å²) in [4.78, 5) is 0. The summed E-state index contributed by atoms with van der Waals surface area (Å²) in [6.07, 6.45) is 1.67. The molecule has 2 aromatic rings. The van der Waals surface area contributed by atoms with E-state index in [1.807, 2.05) is 6.92 Å². The first kappa shape index (κ1) is 12.5. The van der Waals surface area contributed by atoms with E-state index in [9.17, 15) is 4.39 Å². The lowest BCUT2D eigenvalue weighted by Gasteiger charge is -2.07. The molecule has 1 heterocycles. The van der Waals surface area contributed by atoms with Crippen molar-refractivity contribution in [3.8, 4) is 5.69 Å². The van der Waals surface area contributed by atoms with Crippen LogP contribution in [-0.2, 0) is 6.42 Å². The maximum atomic E-state index is 13.5. The minimum absolute atomic E-state index is 0.246. The second-order valence-electron chi connectivity index (χ2n) is 3.57. The molecule has 0 atom stereocenters. The molecule has 0 amide bonds. The second kappa shape index (κ2) is 5.14. The SMILES string of the molecule is CCCc1nnc(Cl)n1-c1ccc(Br)c(F)c1. The average molecular weight is 319 g/mol. The summed E-state index contributed by atoms with van der Waals surface area (Å²) < 4.78 is 15.5. The number of hydrogen-bond acceptors (Lipinski definition) is 2. The van der Waals surface area contributed by atoms with Gasteiger partial charge in [-0.15, -0.1) is 10.2 Å². The van der Waals surface area contributed by atoms with Gasteiger partial charge in [0.2, 0.25) is 5.28 Å². The molecule has 17 heavy (non-hydrogen) atoms. The number of aryl methyl sites for hydroxylation is 1. The highest BCUT2D eigenvalue weighted by molar-refractivity contribution is 9.10. The van der Waals surface area contributed by atoms with E-state index >= 15 is 0 Å². The predicted octanol–water partition coefficient (Wildman–Crippen LogP) is 3.77. The zero-order valence-electron chi connectivity index (χ0n) is 9.12. The molecule has 1 aromatic carbocycles. The van der Waals surface area contributed by atoms with Crippen molar-refractivity contribution in [3.63, 3.8) is 0 Å². The molecule has 2 rings (SSSR count). The highest BCUT2D eigenvalue weighted by Crippen LogP contribution is 2.22. The highest BCUT2D eigenvalue weighted by Gasteiger charge is 2.12. The van der Waals surface area contributed by atoms with Crippen LogP contribution >= 0.6 is 27.5 Å². The van der Waals surface area contributed by atoms with Crippen molar-refractivity contribution >= 4 is 27.5 Å². The quantitative estimate of drug-likeness (QED) is 0.862. The Morgan fingerprint density at radius 2 is 2.18 bits per heavy atom. The van der Waals surface area contributed by atoms with Crippen molar-refractivity contribution in [2.24, 2.45) is 0 Å². The third-order valence-corrected chi connectivity index (χ3v) is 3.21. The van der Waals surface area contributed by atoms with Crippen molar-refractivity contribution in [1.29, 1.82) is 0 Å². The van der Waals surface area contributed by atoms with Crippen molar-refractivity contribution in [3.05, 3.63) is 39.6 Å². The van der Waals surface area contributed by atoms with Crippen molar-refractivity contribution in [2.45, 2.75) is 19.8 Å². The van der Waals surface area contributed by atoms with E-state index in [1.165, 1.54) is 6.07 Å². The first-order valence-electron chi connectivity index (χ1n) is 5.18. The molecule has 0 aliphatic carbocycles. The second-order valence-corrected chi connectivity index (χ2v) is 4.76. The lowest BCUT2D eigenvalue weighted by atomic mass is 10.3. The molecule has 0 N–H and O–H groups in total. The number of rotatable bonds is 3. The molecule has 0 aliphatic heterocycles. The Kier molecular flexibility index (Phi) is 3.79. The molecule has 0 saturated carbocycles. The van der Waals surface area contributed by atoms with Gasteiger partial charge >= 0.3 is 0 Å². The Hall–Kier alpha value is -0.940. The molecule has 0 spiro atoms. The van der Waals surface area contributed by atoms with Crippen LogP contribution in [0.4, 0.5) is 4.39 Å². The van der Waals surface area contributed by atoms with E-state index in [0.717, 1.165) is 18.7 Å². The fraction of sp³-hybridized carbons (Fsp3) is 0.273. The Morgan fingerprint density at radius 3 is 2.82 bits per heavy atom. The van der Waals surface area contributed by atoms with Gasteiger partial charge in [0.05, 0.1) is 10.2 Å². The molecule has 0 aliphatic rings. The lowest BCUT2D eigenvalue weighted by Crippen LogP contribution is -2.02. The molecule has 1 aromatic heterocycles. The van der Waals surface area contributed by atoms with Gasteiger partial charge in [-0.25, -0.2) is 4.39 Å². The van der Waals surface area contributed by atoms with E-state index in [2.05, 4.69) is 26.1 Å². The van der Waals surface area contributed by atoms with Crippen LogP contribution in [0.2, 0.25) is 5.28 Å². The van der Waals surface area contributed by atoms with Crippen molar-refractivity contribution in [1.82, 2.24) is 14.8 Å². The monoisotopic (exact) mass is 317 g/mol. The van der Waals surface area contributed by atoms with Crippen LogP contribution in [0, 0.1) is 5.82 Å². The highest BCUT2D eigenvalue weighted by atomic mass is 79.9. The van der Waals surface area contributed by atoms with E-state index < -0.39 is 0 Å². The Bertz CT molecular complexity index is 542. The van der Waals surface area contributed by atoms with Crippen molar-refractivity contribution in [2.75, 3.05) is 0 Å². The van der Waals surface area contributed by atoms with Crippen LogP contribution in [0.3, 0.4) is 0 Å². The van der Waals surface area contributed by atoms with Crippen LogP contribution in [0.25, 0.3) is 5.69 Å². The smallest absolute Gasteiger partial charge is 0.229 e. The fourth-order valence-corrected chi connectivity index (χ4v) is 2.04. The zero-order chi connectivity index (χ0) is 12.4. The van der Waals surface area contributed by atoms with Gasteiger partial charge < -0.3 is 0 Å². The van der Waals surface area contributed by atoms with Gasteiger partial charge in [0.25, 0.3) is 0 Å². The Balaban J connectivity index is 2.51. The molecule has 0 bridgehead atoms. The lowest BCUT2D eigenvalue weighted by molar-refractivity contribution is 0.619. The van der Waals surface area contributed by atoms with Gasteiger partial charge in [0.15, 0.2) is 0 Å². The number of aromatic nitrogens is 3. The molecule has 0 saturated heterocycles. The number of benzene rings is 1. The summed E-state index contributed by atoms with van der Waals surface area (Å²) in [7, 11) is 0. The minimum Gasteiger partial charge on any atom is -0.270 e. The molecule has 0 unspecified atom stereocenters. The van der Waals surface area contributed by atoms with Crippen LogP contribution in [0.1, 0.15) is 19.2 Å². The first-order chi connectivity index (χ1) is 8.13. The summed E-state index contributed by atoms with van der Waals surface area (Å²) >= 11 is 9.07. The molecule has 3 nitrogen and oxygen atoms in total.